The molecular weight excluding hydrogens is 553 g/mol. The summed E-state index contributed by atoms with van der Waals surface area (Å²) < 4.78 is 0. The molecule has 0 heteroatoms. The van der Waals surface area contributed by atoms with Gasteiger partial charge in [0.1, 0.15) is 0 Å². The van der Waals surface area contributed by atoms with Gasteiger partial charge in [0.2, 0.25) is 0 Å². The van der Waals surface area contributed by atoms with Crippen LogP contribution < -0.4 is 0 Å². The molecule has 0 spiro atoms. The predicted molar refractivity (Wildman–Crippen MR) is 198 cm³/mol. The van der Waals surface area contributed by atoms with Crippen LogP contribution in [0.15, 0.2) is 182 Å². The van der Waals surface area contributed by atoms with Crippen molar-refractivity contribution in [1.29, 1.82) is 0 Å². The van der Waals surface area contributed by atoms with E-state index in [4.69, 9.17) is 0 Å². The molecule has 0 bridgehead atoms. The summed E-state index contributed by atoms with van der Waals surface area (Å²) in [6, 6.07) is 66.6. The Morgan fingerprint density at radius 2 is 0.565 bits per heavy atom. The van der Waals surface area contributed by atoms with E-state index in [9.17, 15) is 0 Å². The molecule has 46 heavy (non-hydrogen) atoms. The average molecular weight is 583 g/mol. The fourth-order valence-corrected chi connectivity index (χ4v) is 7.05. The van der Waals surface area contributed by atoms with Gasteiger partial charge in [-0.1, -0.05) is 158 Å². The van der Waals surface area contributed by atoms with Crippen LogP contribution in [-0.2, 0) is 0 Å². The number of benzene rings is 9. The number of rotatable bonds is 4. The summed E-state index contributed by atoms with van der Waals surface area (Å²) in [7, 11) is 0. The van der Waals surface area contributed by atoms with Gasteiger partial charge in [0, 0.05) is 0 Å². The van der Waals surface area contributed by atoms with Gasteiger partial charge in [-0.3, -0.25) is 0 Å². The lowest BCUT2D eigenvalue weighted by Crippen LogP contribution is -1.88. The van der Waals surface area contributed by atoms with E-state index in [-0.39, 0.29) is 0 Å². The van der Waals surface area contributed by atoms with E-state index in [0.29, 0.717) is 0 Å². The molecule has 0 fully saturated rings. The van der Waals surface area contributed by atoms with Gasteiger partial charge < -0.3 is 0 Å². The average Bonchev–Trinajstić information content (AvgIpc) is 3.14. The molecule has 9 rings (SSSR count). The quantitative estimate of drug-likeness (QED) is 0.181. The third kappa shape index (κ3) is 4.55. The van der Waals surface area contributed by atoms with Gasteiger partial charge in [0.05, 0.1) is 0 Å². The Bertz CT molecular complexity index is 2560. The Balaban J connectivity index is 1.18. The molecule has 0 saturated carbocycles. The van der Waals surface area contributed by atoms with Crippen molar-refractivity contribution in [1.82, 2.24) is 0 Å². The first-order valence-electron chi connectivity index (χ1n) is 15.9. The van der Waals surface area contributed by atoms with Crippen LogP contribution in [0.5, 0.6) is 0 Å². The molecule has 0 saturated heterocycles. The maximum absolute atomic E-state index is 2.38. The summed E-state index contributed by atoms with van der Waals surface area (Å²) in [6.45, 7) is 0. The zero-order valence-corrected chi connectivity index (χ0v) is 25.3. The molecule has 0 heterocycles. The summed E-state index contributed by atoms with van der Waals surface area (Å²) in [5, 5.41) is 10.2. The Morgan fingerprint density at radius 3 is 1.11 bits per heavy atom. The molecule has 0 aliphatic rings. The predicted octanol–water partition coefficient (Wildman–Crippen LogP) is 13.0. The van der Waals surface area contributed by atoms with E-state index in [1.807, 2.05) is 0 Å². The lowest BCUT2D eigenvalue weighted by atomic mass is 9.90. The van der Waals surface area contributed by atoms with Crippen LogP contribution in [0, 0.1) is 0 Å². The molecule has 0 atom stereocenters. The molecular formula is C46H30. The number of fused-ring (bicyclic) bond motifs is 6. The zero-order valence-electron chi connectivity index (χ0n) is 25.3. The highest BCUT2D eigenvalue weighted by molar-refractivity contribution is 6.12. The van der Waals surface area contributed by atoms with E-state index in [0.717, 1.165) is 0 Å². The molecule has 9 aromatic carbocycles. The first-order valence-corrected chi connectivity index (χ1v) is 15.9. The minimum atomic E-state index is 1.23. The zero-order chi connectivity index (χ0) is 30.5. The van der Waals surface area contributed by atoms with E-state index in [2.05, 4.69) is 182 Å². The van der Waals surface area contributed by atoms with Crippen LogP contribution in [0.25, 0.3) is 87.6 Å². The van der Waals surface area contributed by atoms with Gasteiger partial charge in [-0.2, -0.15) is 0 Å². The molecule has 0 amide bonds. The summed E-state index contributed by atoms with van der Waals surface area (Å²) in [5.74, 6) is 0. The standard InChI is InChI=1S/C46H30/c1-3-9-31(10-4-1)36-25-26-43-38(27-36)22-18-33-19-23-39(29-44(33)43)41-13-7-8-14-42(41)40-24-20-35-16-15-34-17-21-37(28-45(34)46(35)30-40)32-11-5-2-6-12-32/h1-30H. The van der Waals surface area contributed by atoms with Crippen molar-refractivity contribution < 1.29 is 0 Å². The minimum absolute atomic E-state index is 1.23. The van der Waals surface area contributed by atoms with Crippen LogP contribution in [-0.4, -0.2) is 0 Å². The second-order valence-corrected chi connectivity index (χ2v) is 12.2. The Kier molecular flexibility index (Phi) is 6.25. The number of hydrogen-bond acceptors (Lipinski definition) is 0. The van der Waals surface area contributed by atoms with Gasteiger partial charge in [0.15, 0.2) is 0 Å². The Morgan fingerprint density at radius 1 is 0.196 bits per heavy atom. The summed E-state index contributed by atoms with van der Waals surface area (Å²) >= 11 is 0. The highest BCUT2D eigenvalue weighted by Crippen LogP contribution is 2.39. The van der Waals surface area contributed by atoms with Gasteiger partial charge in [-0.05, 0) is 112 Å². The molecule has 9 aromatic rings. The molecule has 0 aliphatic heterocycles. The fraction of sp³-hybridized carbons (Fsp3) is 0. The van der Waals surface area contributed by atoms with Gasteiger partial charge in [-0.25, -0.2) is 0 Å². The largest absolute Gasteiger partial charge is 0.0622 e. The normalized spacial score (nSPS) is 11.5. The van der Waals surface area contributed by atoms with Crippen molar-refractivity contribution in [3.8, 4) is 44.5 Å². The molecule has 0 N–H and O–H groups in total. The van der Waals surface area contributed by atoms with Crippen LogP contribution in [0.2, 0.25) is 0 Å². The third-order valence-electron chi connectivity index (χ3n) is 9.44. The van der Waals surface area contributed by atoms with Crippen LogP contribution in [0.3, 0.4) is 0 Å². The van der Waals surface area contributed by atoms with Crippen LogP contribution in [0.1, 0.15) is 0 Å². The van der Waals surface area contributed by atoms with Crippen molar-refractivity contribution >= 4 is 43.1 Å². The van der Waals surface area contributed by atoms with E-state index >= 15 is 0 Å². The molecule has 0 radical (unpaired) electrons. The lowest BCUT2D eigenvalue weighted by molar-refractivity contribution is 1.61. The maximum atomic E-state index is 2.38. The second-order valence-electron chi connectivity index (χ2n) is 12.2. The molecule has 214 valence electrons. The molecule has 0 aromatic heterocycles. The summed E-state index contributed by atoms with van der Waals surface area (Å²) in [4.78, 5) is 0. The van der Waals surface area contributed by atoms with Crippen LogP contribution >= 0.6 is 0 Å². The Hall–Kier alpha value is -5.98. The van der Waals surface area contributed by atoms with Gasteiger partial charge >= 0.3 is 0 Å². The van der Waals surface area contributed by atoms with Gasteiger partial charge in [-0.15, -0.1) is 0 Å². The van der Waals surface area contributed by atoms with E-state index in [1.54, 1.807) is 0 Å². The van der Waals surface area contributed by atoms with Crippen molar-refractivity contribution in [3.05, 3.63) is 182 Å². The fourth-order valence-electron chi connectivity index (χ4n) is 7.05. The molecule has 0 nitrogen and oxygen atoms in total. The van der Waals surface area contributed by atoms with Crippen molar-refractivity contribution in [2.45, 2.75) is 0 Å². The highest BCUT2D eigenvalue weighted by Gasteiger charge is 2.12. The highest BCUT2D eigenvalue weighted by atomic mass is 14.2. The Labute approximate surface area is 268 Å². The van der Waals surface area contributed by atoms with Crippen molar-refractivity contribution in [3.63, 3.8) is 0 Å². The third-order valence-corrected chi connectivity index (χ3v) is 9.44. The second kappa shape index (κ2) is 10.9. The maximum Gasteiger partial charge on any atom is -0.00990 e. The molecule has 0 unspecified atom stereocenters. The molecule has 0 aliphatic carbocycles. The van der Waals surface area contributed by atoms with E-state index < -0.39 is 0 Å². The summed E-state index contributed by atoms with van der Waals surface area (Å²) in [6.07, 6.45) is 0. The van der Waals surface area contributed by atoms with Crippen LogP contribution in [0.4, 0.5) is 0 Å². The van der Waals surface area contributed by atoms with Gasteiger partial charge in [0.25, 0.3) is 0 Å². The lowest BCUT2D eigenvalue weighted by Gasteiger charge is -2.14. The van der Waals surface area contributed by atoms with Crippen molar-refractivity contribution in [2.75, 3.05) is 0 Å². The first-order chi connectivity index (χ1) is 22.8. The topological polar surface area (TPSA) is 0 Å². The van der Waals surface area contributed by atoms with E-state index in [1.165, 1.54) is 87.6 Å². The SMILES string of the molecule is c1ccc(-c2ccc3c(ccc4ccc(-c5ccccc5-c5ccc6ccc7ccc(-c8ccccc8)cc7c6c5)cc43)c2)cc1. The van der Waals surface area contributed by atoms with Crippen molar-refractivity contribution in [2.24, 2.45) is 0 Å². The number of hydrogen-bond donors (Lipinski definition) is 0. The minimum Gasteiger partial charge on any atom is -0.0622 e. The monoisotopic (exact) mass is 582 g/mol. The smallest absolute Gasteiger partial charge is 0.00990 e. The first kappa shape index (κ1) is 26.4. The summed E-state index contributed by atoms with van der Waals surface area (Å²) in [5.41, 5.74) is 9.91.